The minimum Gasteiger partial charge on any atom is -0.494 e. The Kier molecular flexibility index (Phi) is 6.77. The second kappa shape index (κ2) is 9.03. The van der Waals surface area contributed by atoms with Crippen molar-refractivity contribution in [2.45, 2.75) is 13.3 Å². The molecule has 0 unspecified atom stereocenters. The summed E-state index contributed by atoms with van der Waals surface area (Å²) in [6.07, 6.45) is 3.95. The van der Waals surface area contributed by atoms with Crippen LogP contribution >= 0.6 is 15.9 Å². The predicted molar refractivity (Wildman–Crippen MR) is 101 cm³/mol. The molecule has 2 N–H and O–H groups in total. The van der Waals surface area contributed by atoms with E-state index in [0.29, 0.717) is 11.1 Å². The van der Waals surface area contributed by atoms with Gasteiger partial charge in [0.25, 0.3) is 0 Å². The van der Waals surface area contributed by atoms with Crippen molar-refractivity contribution >= 4 is 39.6 Å². The highest BCUT2D eigenvalue weighted by Crippen LogP contribution is 2.21. The smallest absolute Gasteiger partial charge is 0.337 e. The molecule has 0 aliphatic heterocycles. The zero-order valence-electron chi connectivity index (χ0n) is 13.7. The van der Waals surface area contributed by atoms with E-state index in [0.717, 1.165) is 17.7 Å². The van der Waals surface area contributed by atoms with E-state index < -0.39 is 11.9 Å². The molecule has 1 amide bonds. The van der Waals surface area contributed by atoms with Crippen LogP contribution in [0.2, 0.25) is 0 Å². The summed E-state index contributed by atoms with van der Waals surface area (Å²) in [4.78, 5) is 23.3. The molecule has 0 aliphatic carbocycles. The lowest BCUT2D eigenvalue weighted by molar-refractivity contribution is -0.111. The molecule has 2 aromatic carbocycles. The van der Waals surface area contributed by atoms with Crippen molar-refractivity contribution in [3.05, 3.63) is 64.1 Å². The van der Waals surface area contributed by atoms with E-state index >= 15 is 0 Å². The van der Waals surface area contributed by atoms with Gasteiger partial charge in [0.15, 0.2) is 0 Å². The highest BCUT2D eigenvalue weighted by molar-refractivity contribution is 9.10. The number of ether oxygens (including phenoxy) is 1. The fraction of sp³-hybridized carbons (Fsp3) is 0.158. The molecule has 5 nitrogen and oxygen atoms in total. The second-order valence-electron chi connectivity index (χ2n) is 5.24. The number of hydrogen-bond donors (Lipinski definition) is 2. The number of carboxylic acids is 1. The molecule has 0 aliphatic rings. The van der Waals surface area contributed by atoms with Gasteiger partial charge in [-0.25, -0.2) is 4.79 Å². The standard InChI is InChI=1S/C19H18BrNO4/c1-2-11-25-15-7-3-13(4-8-15)5-10-18(22)21-17-9-6-14(20)12-16(17)19(23)24/h3-10,12H,2,11H2,1H3,(H,21,22)(H,23,24)/b10-5+. The van der Waals surface area contributed by atoms with Crippen LogP contribution in [0, 0.1) is 0 Å². The number of carboxylic acid groups (broad SMARTS) is 1. The average molecular weight is 404 g/mol. The van der Waals surface area contributed by atoms with Gasteiger partial charge in [-0.15, -0.1) is 0 Å². The molecular weight excluding hydrogens is 386 g/mol. The van der Waals surface area contributed by atoms with Crippen molar-refractivity contribution in [3.8, 4) is 5.75 Å². The third kappa shape index (κ3) is 5.76. The molecule has 0 saturated heterocycles. The van der Waals surface area contributed by atoms with Crippen LogP contribution in [-0.2, 0) is 4.79 Å². The van der Waals surface area contributed by atoms with Crippen LogP contribution in [0.15, 0.2) is 53.0 Å². The topological polar surface area (TPSA) is 75.6 Å². The molecule has 6 heteroatoms. The molecule has 0 radical (unpaired) electrons. The van der Waals surface area contributed by atoms with E-state index in [1.54, 1.807) is 18.2 Å². The minimum absolute atomic E-state index is 0.0218. The van der Waals surface area contributed by atoms with Gasteiger partial charge in [-0.2, -0.15) is 0 Å². The largest absolute Gasteiger partial charge is 0.494 e. The highest BCUT2D eigenvalue weighted by atomic mass is 79.9. The summed E-state index contributed by atoms with van der Waals surface area (Å²) >= 11 is 3.21. The third-order valence-corrected chi connectivity index (χ3v) is 3.74. The number of anilines is 1. The van der Waals surface area contributed by atoms with Crippen molar-refractivity contribution in [2.75, 3.05) is 11.9 Å². The van der Waals surface area contributed by atoms with Crippen LogP contribution in [0.1, 0.15) is 29.3 Å². The van der Waals surface area contributed by atoms with Gasteiger partial charge in [0.2, 0.25) is 5.91 Å². The van der Waals surface area contributed by atoms with E-state index in [1.165, 1.54) is 12.1 Å². The number of carbonyl (C=O) groups excluding carboxylic acids is 1. The number of hydrogen-bond acceptors (Lipinski definition) is 3. The average Bonchev–Trinajstić information content (AvgIpc) is 2.60. The minimum atomic E-state index is -1.11. The molecule has 25 heavy (non-hydrogen) atoms. The maximum Gasteiger partial charge on any atom is 0.337 e. The molecule has 2 aromatic rings. The first-order valence-electron chi connectivity index (χ1n) is 7.74. The number of rotatable bonds is 7. The molecule has 0 saturated carbocycles. The van der Waals surface area contributed by atoms with E-state index in [4.69, 9.17) is 4.74 Å². The zero-order valence-corrected chi connectivity index (χ0v) is 15.2. The van der Waals surface area contributed by atoms with Crippen LogP contribution in [0.4, 0.5) is 5.69 Å². The molecule has 0 heterocycles. The predicted octanol–water partition coefficient (Wildman–Crippen LogP) is 4.59. The first kappa shape index (κ1) is 18.7. The van der Waals surface area contributed by atoms with Gasteiger partial charge < -0.3 is 15.2 Å². The van der Waals surface area contributed by atoms with Crippen molar-refractivity contribution in [2.24, 2.45) is 0 Å². The van der Waals surface area contributed by atoms with Crippen molar-refractivity contribution < 1.29 is 19.4 Å². The molecule has 0 bridgehead atoms. The zero-order chi connectivity index (χ0) is 18.2. The normalized spacial score (nSPS) is 10.6. The Labute approximate surface area is 154 Å². The SMILES string of the molecule is CCCOc1ccc(/C=C/C(=O)Nc2ccc(Br)cc2C(=O)O)cc1. The lowest BCUT2D eigenvalue weighted by Crippen LogP contribution is -2.12. The fourth-order valence-corrected chi connectivity index (χ4v) is 2.40. The molecule has 0 atom stereocenters. The van der Waals surface area contributed by atoms with Crippen LogP contribution in [0.25, 0.3) is 6.08 Å². The number of benzene rings is 2. The van der Waals surface area contributed by atoms with Crippen molar-refractivity contribution in [1.82, 2.24) is 0 Å². The van der Waals surface area contributed by atoms with Gasteiger partial charge >= 0.3 is 5.97 Å². The van der Waals surface area contributed by atoms with E-state index in [9.17, 15) is 14.7 Å². The summed E-state index contributed by atoms with van der Waals surface area (Å²) in [5.74, 6) is -0.733. The van der Waals surface area contributed by atoms with Gasteiger partial charge in [-0.1, -0.05) is 35.0 Å². The molecular formula is C19H18BrNO4. The monoisotopic (exact) mass is 403 g/mol. The Morgan fingerprint density at radius 1 is 1.20 bits per heavy atom. The highest BCUT2D eigenvalue weighted by Gasteiger charge is 2.11. The maximum absolute atomic E-state index is 12.0. The number of aromatic carboxylic acids is 1. The maximum atomic E-state index is 12.0. The van der Waals surface area contributed by atoms with Gasteiger partial charge in [0.05, 0.1) is 17.9 Å². The summed E-state index contributed by atoms with van der Waals surface area (Å²) in [7, 11) is 0. The lowest BCUT2D eigenvalue weighted by Gasteiger charge is -2.07. The first-order valence-corrected chi connectivity index (χ1v) is 8.53. The molecule has 0 aromatic heterocycles. The second-order valence-corrected chi connectivity index (χ2v) is 6.15. The summed E-state index contributed by atoms with van der Waals surface area (Å²) < 4.78 is 6.13. The Balaban J connectivity index is 2.02. The third-order valence-electron chi connectivity index (χ3n) is 3.25. The number of carbonyl (C=O) groups is 2. The Hall–Kier alpha value is -2.60. The quantitative estimate of drug-likeness (QED) is 0.662. The van der Waals surface area contributed by atoms with Crippen LogP contribution < -0.4 is 10.1 Å². The molecule has 130 valence electrons. The summed E-state index contributed by atoms with van der Waals surface area (Å²) in [6, 6.07) is 12.0. The van der Waals surface area contributed by atoms with Crippen molar-refractivity contribution in [1.29, 1.82) is 0 Å². The Morgan fingerprint density at radius 2 is 1.92 bits per heavy atom. The summed E-state index contributed by atoms with van der Waals surface area (Å²) in [5.41, 5.74) is 1.11. The van der Waals surface area contributed by atoms with Gasteiger partial charge in [0, 0.05) is 10.5 Å². The van der Waals surface area contributed by atoms with Crippen LogP contribution in [0.3, 0.4) is 0 Å². The van der Waals surface area contributed by atoms with E-state index in [2.05, 4.69) is 21.2 Å². The summed E-state index contributed by atoms with van der Waals surface area (Å²) in [6.45, 7) is 2.70. The number of amides is 1. The Morgan fingerprint density at radius 3 is 2.56 bits per heavy atom. The van der Waals surface area contributed by atoms with E-state index in [1.807, 2.05) is 31.2 Å². The summed E-state index contributed by atoms with van der Waals surface area (Å²) in [5, 5.41) is 11.8. The number of nitrogens with one attached hydrogen (secondary N) is 1. The van der Waals surface area contributed by atoms with Crippen molar-refractivity contribution in [3.63, 3.8) is 0 Å². The molecule has 2 rings (SSSR count). The molecule has 0 fully saturated rings. The molecule has 0 spiro atoms. The Bertz CT molecular complexity index is 785. The first-order chi connectivity index (χ1) is 12.0. The van der Waals surface area contributed by atoms with Gasteiger partial charge in [-0.05, 0) is 48.4 Å². The van der Waals surface area contributed by atoms with Gasteiger partial charge in [0.1, 0.15) is 5.75 Å². The van der Waals surface area contributed by atoms with Crippen LogP contribution in [-0.4, -0.2) is 23.6 Å². The van der Waals surface area contributed by atoms with Gasteiger partial charge in [-0.3, -0.25) is 4.79 Å². The van der Waals surface area contributed by atoms with E-state index in [-0.39, 0.29) is 11.3 Å². The lowest BCUT2D eigenvalue weighted by atomic mass is 10.1. The van der Waals surface area contributed by atoms with Crippen LogP contribution in [0.5, 0.6) is 5.75 Å². The number of halogens is 1. The fourth-order valence-electron chi connectivity index (χ4n) is 2.04.